The lowest BCUT2D eigenvalue weighted by molar-refractivity contribution is -0.131. The summed E-state index contributed by atoms with van der Waals surface area (Å²) in [6.45, 7) is 3.27. The van der Waals surface area contributed by atoms with Gasteiger partial charge in [0.2, 0.25) is 5.91 Å². The first-order valence-electron chi connectivity index (χ1n) is 6.50. The summed E-state index contributed by atoms with van der Waals surface area (Å²) in [4.78, 5) is 18.3. The van der Waals surface area contributed by atoms with Crippen LogP contribution in [0.4, 0.5) is 0 Å². The number of rotatable bonds is 3. The van der Waals surface area contributed by atoms with Gasteiger partial charge in [0, 0.05) is 32.4 Å². The zero-order valence-electron chi connectivity index (χ0n) is 10.9. The Morgan fingerprint density at radius 1 is 1.30 bits per heavy atom. The van der Waals surface area contributed by atoms with Crippen LogP contribution in [0.1, 0.15) is 5.56 Å². The molecule has 3 heterocycles. The maximum Gasteiger partial charge on any atom is 0.227 e. The summed E-state index contributed by atoms with van der Waals surface area (Å²) in [5, 5.41) is 14.1. The number of hydrogen-bond donors (Lipinski definition) is 1. The van der Waals surface area contributed by atoms with Crippen LogP contribution in [0.3, 0.4) is 0 Å². The highest BCUT2D eigenvalue weighted by Gasteiger charge is 2.16. The molecule has 1 fully saturated rings. The standard InChI is InChI=1S/C12H15N7O/c20-12(18-5-3-13-4-6-18)7-10-1-2-11(14-8-10)19-9-15-16-17-19/h1-2,8-9,13H,3-7H2. The van der Waals surface area contributed by atoms with Gasteiger partial charge in [-0.05, 0) is 22.1 Å². The van der Waals surface area contributed by atoms with E-state index in [1.165, 1.54) is 11.0 Å². The van der Waals surface area contributed by atoms with Gasteiger partial charge in [0.05, 0.1) is 6.42 Å². The molecule has 8 nitrogen and oxygen atoms in total. The minimum Gasteiger partial charge on any atom is -0.340 e. The Morgan fingerprint density at radius 3 is 2.80 bits per heavy atom. The third-order valence-electron chi connectivity index (χ3n) is 3.22. The Labute approximate surface area is 115 Å². The number of carbonyl (C=O) groups excluding carboxylic acids is 1. The van der Waals surface area contributed by atoms with Crippen LogP contribution in [0.25, 0.3) is 5.82 Å². The van der Waals surface area contributed by atoms with Gasteiger partial charge < -0.3 is 10.2 Å². The number of tetrazole rings is 1. The minimum absolute atomic E-state index is 0.142. The van der Waals surface area contributed by atoms with Crippen molar-refractivity contribution in [2.24, 2.45) is 0 Å². The fraction of sp³-hybridized carbons (Fsp3) is 0.417. The number of pyridine rings is 1. The van der Waals surface area contributed by atoms with Crippen LogP contribution in [0, 0.1) is 0 Å². The molecule has 1 N–H and O–H groups in total. The third kappa shape index (κ3) is 2.80. The molecule has 0 spiro atoms. The summed E-state index contributed by atoms with van der Waals surface area (Å²) in [6.07, 6.45) is 3.55. The van der Waals surface area contributed by atoms with Crippen molar-refractivity contribution in [3.05, 3.63) is 30.2 Å². The Balaban J connectivity index is 1.64. The van der Waals surface area contributed by atoms with Crippen molar-refractivity contribution >= 4 is 5.91 Å². The monoisotopic (exact) mass is 273 g/mol. The maximum absolute atomic E-state index is 12.1. The molecule has 2 aromatic rings. The molecule has 0 aliphatic carbocycles. The number of hydrogen-bond acceptors (Lipinski definition) is 6. The second-order valence-corrected chi connectivity index (χ2v) is 4.59. The number of nitrogens with one attached hydrogen (secondary N) is 1. The third-order valence-corrected chi connectivity index (χ3v) is 3.22. The van der Waals surface area contributed by atoms with Gasteiger partial charge in [0.25, 0.3) is 0 Å². The van der Waals surface area contributed by atoms with Crippen molar-refractivity contribution in [3.63, 3.8) is 0 Å². The van der Waals surface area contributed by atoms with E-state index in [-0.39, 0.29) is 5.91 Å². The van der Waals surface area contributed by atoms with Crippen LogP contribution in [-0.2, 0) is 11.2 Å². The van der Waals surface area contributed by atoms with Gasteiger partial charge in [-0.1, -0.05) is 6.07 Å². The zero-order valence-corrected chi connectivity index (χ0v) is 10.9. The van der Waals surface area contributed by atoms with Crippen molar-refractivity contribution in [2.75, 3.05) is 26.2 Å². The summed E-state index contributed by atoms with van der Waals surface area (Å²) < 4.78 is 1.47. The van der Waals surface area contributed by atoms with Crippen LogP contribution in [0.2, 0.25) is 0 Å². The summed E-state index contributed by atoms with van der Waals surface area (Å²) in [5.41, 5.74) is 0.894. The van der Waals surface area contributed by atoms with E-state index in [2.05, 4.69) is 25.8 Å². The Kier molecular flexibility index (Phi) is 3.64. The van der Waals surface area contributed by atoms with E-state index in [0.29, 0.717) is 12.2 Å². The molecule has 0 unspecified atom stereocenters. The Hall–Kier alpha value is -2.35. The lowest BCUT2D eigenvalue weighted by Crippen LogP contribution is -2.46. The van der Waals surface area contributed by atoms with Gasteiger partial charge in [-0.15, -0.1) is 5.10 Å². The smallest absolute Gasteiger partial charge is 0.227 e. The normalized spacial score (nSPS) is 15.3. The molecule has 1 amide bonds. The molecule has 0 radical (unpaired) electrons. The second-order valence-electron chi connectivity index (χ2n) is 4.59. The van der Waals surface area contributed by atoms with E-state index in [1.807, 2.05) is 11.0 Å². The van der Waals surface area contributed by atoms with Crippen molar-refractivity contribution in [1.82, 2.24) is 35.4 Å². The molecule has 3 rings (SSSR count). The minimum atomic E-state index is 0.142. The van der Waals surface area contributed by atoms with Gasteiger partial charge in [0.15, 0.2) is 5.82 Å². The molecule has 1 aliphatic heterocycles. The second kappa shape index (κ2) is 5.74. The lowest BCUT2D eigenvalue weighted by atomic mass is 10.2. The van der Waals surface area contributed by atoms with E-state index in [4.69, 9.17) is 0 Å². The molecule has 0 aromatic carbocycles. The first-order chi connectivity index (χ1) is 9.83. The molecule has 0 saturated carbocycles. The quantitative estimate of drug-likeness (QED) is 0.774. The predicted octanol–water partition coefficient (Wildman–Crippen LogP) is -0.968. The molecular weight excluding hydrogens is 258 g/mol. The highest BCUT2D eigenvalue weighted by atomic mass is 16.2. The van der Waals surface area contributed by atoms with Gasteiger partial charge in [-0.25, -0.2) is 4.98 Å². The molecule has 8 heteroatoms. The van der Waals surface area contributed by atoms with Gasteiger partial charge in [-0.3, -0.25) is 4.79 Å². The molecule has 2 aromatic heterocycles. The van der Waals surface area contributed by atoms with Gasteiger partial charge >= 0.3 is 0 Å². The van der Waals surface area contributed by atoms with E-state index in [9.17, 15) is 4.79 Å². The highest BCUT2D eigenvalue weighted by Crippen LogP contribution is 2.06. The molecular formula is C12H15N7O. The average Bonchev–Trinajstić information content (AvgIpc) is 3.03. The SMILES string of the molecule is O=C(Cc1ccc(-n2cnnn2)nc1)N1CCNCC1. The van der Waals surface area contributed by atoms with Gasteiger partial charge in [0.1, 0.15) is 6.33 Å². The number of amides is 1. The molecule has 104 valence electrons. The van der Waals surface area contributed by atoms with Crippen molar-refractivity contribution in [3.8, 4) is 5.82 Å². The first-order valence-corrected chi connectivity index (χ1v) is 6.50. The van der Waals surface area contributed by atoms with Crippen molar-refractivity contribution in [1.29, 1.82) is 0 Å². The lowest BCUT2D eigenvalue weighted by Gasteiger charge is -2.27. The summed E-state index contributed by atoms with van der Waals surface area (Å²) >= 11 is 0. The molecule has 1 saturated heterocycles. The molecule has 0 bridgehead atoms. The Morgan fingerprint density at radius 2 is 2.15 bits per heavy atom. The largest absolute Gasteiger partial charge is 0.340 e. The topological polar surface area (TPSA) is 88.8 Å². The fourth-order valence-electron chi connectivity index (χ4n) is 2.12. The van der Waals surface area contributed by atoms with E-state index in [0.717, 1.165) is 31.7 Å². The summed E-state index contributed by atoms with van der Waals surface area (Å²) in [7, 11) is 0. The van der Waals surface area contributed by atoms with Crippen LogP contribution in [0.15, 0.2) is 24.7 Å². The van der Waals surface area contributed by atoms with E-state index >= 15 is 0 Å². The van der Waals surface area contributed by atoms with Crippen LogP contribution >= 0.6 is 0 Å². The van der Waals surface area contributed by atoms with Crippen LogP contribution in [-0.4, -0.2) is 62.2 Å². The van der Waals surface area contributed by atoms with Crippen molar-refractivity contribution < 1.29 is 4.79 Å². The van der Waals surface area contributed by atoms with Gasteiger partial charge in [-0.2, -0.15) is 4.68 Å². The fourth-order valence-corrected chi connectivity index (χ4v) is 2.12. The summed E-state index contributed by atoms with van der Waals surface area (Å²) in [5.74, 6) is 0.775. The highest BCUT2D eigenvalue weighted by molar-refractivity contribution is 5.78. The van der Waals surface area contributed by atoms with E-state index in [1.54, 1.807) is 12.3 Å². The average molecular weight is 273 g/mol. The molecule has 0 atom stereocenters. The van der Waals surface area contributed by atoms with Crippen LogP contribution in [0.5, 0.6) is 0 Å². The molecule has 20 heavy (non-hydrogen) atoms. The van der Waals surface area contributed by atoms with Crippen molar-refractivity contribution in [2.45, 2.75) is 6.42 Å². The first kappa shape index (κ1) is 12.7. The maximum atomic E-state index is 12.1. The predicted molar refractivity (Wildman–Crippen MR) is 70.1 cm³/mol. The number of nitrogens with zero attached hydrogens (tertiary/aromatic N) is 6. The molecule has 1 aliphatic rings. The number of aromatic nitrogens is 5. The zero-order chi connectivity index (χ0) is 13.8. The number of carbonyl (C=O) groups is 1. The van der Waals surface area contributed by atoms with E-state index < -0.39 is 0 Å². The summed E-state index contributed by atoms with van der Waals surface area (Å²) in [6, 6.07) is 3.68. The Bertz CT molecular complexity index is 560. The van der Waals surface area contributed by atoms with Crippen LogP contribution < -0.4 is 5.32 Å². The number of piperazine rings is 1.